The first kappa shape index (κ1) is 7.73. The molecule has 0 aliphatic rings. The normalized spacial score (nSPS) is 9.85. The highest BCUT2D eigenvalue weighted by molar-refractivity contribution is 5.88. The van der Waals surface area contributed by atoms with Crippen molar-refractivity contribution < 1.29 is 9.53 Å². The maximum atomic E-state index is 10.2. The lowest BCUT2D eigenvalue weighted by Crippen LogP contribution is -1.89. The van der Waals surface area contributed by atoms with Gasteiger partial charge in [-0.15, -0.1) is 0 Å². The summed E-state index contributed by atoms with van der Waals surface area (Å²) in [7, 11) is 0. The van der Waals surface area contributed by atoms with E-state index in [-0.39, 0.29) is 0 Å². The van der Waals surface area contributed by atoms with Crippen molar-refractivity contribution in [1.29, 1.82) is 0 Å². The largest absolute Gasteiger partial charge is 0.428 e. The number of hydrogen-bond acceptors (Lipinski definition) is 3. The monoisotopic (exact) mass is 173 g/mol. The predicted molar refractivity (Wildman–Crippen MR) is 48.4 cm³/mol. The molecule has 3 nitrogen and oxygen atoms in total. The number of carbonyl (C=O) groups is 1. The standard InChI is InChI=1S/C10H7NO2/c12-7-13-10-3-1-2-8-6-11-5-4-9(8)10/h1-7H. The number of ether oxygens (including phenoxy) is 1. The number of carbonyl (C=O) groups excluding carboxylic acids is 1. The van der Waals surface area contributed by atoms with E-state index in [0.29, 0.717) is 12.2 Å². The lowest BCUT2D eigenvalue weighted by Gasteiger charge is -2.01. The third-order valence-electron chi connectivity index (χ3n) is 1.82. The molecule has 0 unspecified atom stereocenters. The van der Waals surface area contributed by atoms with Gasteiger partial charge in [-0.1, -0.05) is 12.1 Å². The van der Waals surface area contributed by atoms with Crippen LogP contribution in [0.3, 0.4) is 0 Å². The second kappa shape index (κ2) is 3.23. The highest BCUT2D eigenvalue weighted by Crippen LogP contribution is 2.23. The fourth-order valence-electron chi connectivity index (χ4n) is 1.25. The summed E-state index contributed by atoms with van der Waals surface area (Å²) in [6.07, 6.45) is 3.40. The van der Waals surface area contributed by atoms with Crippen LogP contribution in [-0.4, -0.2) is 11.5 Å². The van der Waals surface area contributed by atoms with E-state index in [1.165, 1.54) is 0 Å². The van der Waals surface area contributed by atoms with Crippen molar-refractivity contribution in [2.24, 2.45) is 0 Å². The molecule has 1 aromatic carbocycles. The number of pyridine rings is 1. The van der Waals surface area contributed by atoms with Crippen molar-refractivity contribution in [3.8, 4) is 5.75 Å². The van der Waals surface area contributed by atoms with Crippen molar-refractivity contribution in [3.05, 3.63) is 36.7 Å². The zero-order valence-corrected chi connectivity index (χ0v) is 6.81. The summed E-state index contributed by atoms with van der Waals surface area (Å²) in [5, 5.41) is 1.85. The van der Waals surface area contributed by atoms with Crippen LogP contribution < -0.4 is 4.74 Å². The molecular formula is C10H7NO2. The molecule has 1 aromatic heterocycles. The van der Waals surface area contributed by atoms with Crippen LogP contribution in [0.2, 0.25) is 0 Å². The Morgan fingerprint density at radius 1 is 1.31 bits per heavy atom. The molecule has 3 heteroatoms. The molecule has 64 valence electrons. The first-order valence-corrected chi connectivity index (χ1v) is 3.85. The van der Waals surface area contributed by atoms with Crippen molar-refractivity contribution in [3.63, 3.8) is 0 Å². The van der Waals surface area contributed by atoms with Gasteiger partial charge >= 0.3 is 0 Å². The van der Waals surface area contributed by atoms with Crippen LogP contribution in [0.4, 0.5) is 0 Å². The van der Waals surface area contributed by atoms with E-state index in [4.69, 9.17) is 4.74 Å². The van der Waals surface area contributed by atoms with E-state index < -0.39 is 0 Å². The number of benzene rings is 1. The van der Waals surface area contributed by atoms with E-state index in [1.807, 2.05) is 18.2 Å². The van der Waals surface area contributed by atoms with Crippen LogP contribution in [0.5, 0.6) is 5.75 Å². The van der Waals surface area contributed by atoms with Crippen LogP contribution in [0, 0.1) is 0 Å². The number of rotatable bonds is 2. The average molecular weight is 173 g/mol. The summed E-state index contributed by atoms with van der Waals surface area (Å²) in [6, 6.07) is 7.30. The van der Waals surface area contributed by atoms with Crippen LogP contribution in [-0.2, 0) is 4.79 Å². The highest BCUT2D eigenvalue weighted by atomic mass is 16.5. The molecule has 0 saturated carbocycles. The summed E-state index contributed by atoms with van der Waals surface area (Å²) in [4.78, 5) is 14.2. The molecule has 0 bridgehead atoms. The van der Waals surface area contributed by atoms with Gasteiger partial charge in [0, 0.05) is 23.2 Å². The SMILES string of the molecule is O=COc1cccc2cnccc12. The van der Waals surface area contributed by atoms with Gasteiger partial charge in [-0.3, -0.25) is 9.78 Å². The molecule has 0 saturated heterocycles. The Hall–Kier alpha value is -1.90. The highest BCUT2D eigenvalue weighted by Gasteiger charge is 1.99. The van der Waals surface area contributed by atoms with Gasteiger partial charge in [0.15, 0.2) is 0 Å². The molecule has 1 heterocycles. The van der Waals surface area contributed by atoms with E-state index in [1.54, 1.807) is 18.5 Å². The molecule has 0 aliphatic heterocycles. The molecule has 0 N–H and O–H groups in total. The Morgan fingerprint density at radius 2 is 2.23 bits per heavy atom. The van der Waals surface area contributed by atoms with E-state index in [2.05, 4.69) is 4.98 Å². The summed E-state index contributed by atoms with van der Waals surface area (Å²) >= 11 is 0. The number of nitrogens with zero attached hydrogens (tertiary/aromatic N) is 1. The fraction of sp³-hybridized carbons (Fsp3) is 0. The predicted octanol–water partition coefficient (Wildman–Crippen LogP) is 1.77. The summed E-state index contributed by atoms with van der Waals surface area (Å²) in [6.45, 7) is 0.426. The van der Waals surface area contributed by atoms with Crippen molar-refractivity contribution in [2.45, 2.75) is 0 Å². The fourth-order valence-corrected chi connectivity index (χ4v) is 1.25. The molecule has 0 radical (unpaired) electrons. The van der Waals surface area contributed by atoms with Crippen molar-refractivity contribution in [1.82, 2.24) is 4.98 Å². The Kier molecular flexibility index (Phi) is 1.92. The summed E-state index contributed by atoms with van der Waals surface area (Å²) < 4.78 is 4.81. The van der Waals surface area contributed by atoms with E-state index >= 15 is 0 Å². The lowest BCUT2D eigenvalue weighted by molar-refractivity contribution is -0.120. The van der Waals surface area contributed by atoms with Gasteiger partial charge in [0.25, 0.3) is 6.47 Å². The average Bonchev–Trinajstić information content (AvgIpc) is 2.19. The Bertz CT molecular complexity index is 434. The van der Waals surface area contributed by atoms with Gasteiger partial charge in [-0.25, -0.2) is 0 Å². The van der Waals surface area contributed by atoms with Crippen LogP contribution in [0.1, 0.15) is 0 Å². The molecule has 0 fully saturated rings. The minimum atomic E-state index is 0.426. The second-order valence-electron chi connectivity index (χ2n) is 2.57. The first-order chi connectivity index (χ1) is 6.42. The number of aromatic nitrogens is 1. The molecule has 0 atom stereocenters. The van der Waals surface area contributed by atoms with Gasteiger partial charge in [-0.2, -0.15) is 0 Å². The van der Waals surface area contributed by atoms with Crippen molar-refractivity contribution in [2.75, 3.05) is 0 Å². The first-order valence-electron chi connectivity index (χ1n) is 3.85. The smallest absolute Gasteiger partial charge is 0.298 e. The lowest BCUT2D eigenvalue weighted by atomic mass is 10.2. The minimum Gasteiger partial charge on any atom is -0.428 e. The van der Waals surface area contributed by atoms with Gasteiger partial charge in [-0.05, 0) is 12.1 Å². The van der Waals surface area contributed by atoms with Gasteiger partial charge in [0.05, 0.1) is 0 Å². The van der Waals surface area contributed by atoms with Gasteiger partial charge in [0.2, 0.25) is 0 Å². The Morgan fingerprint density at radius 3 is 3.08 bits per heavy atom. The molecule has 2 rings (SSSR count). The van der Waals surface area contributed by atoms with Gasteiger partial charge in [0.1, 0.15) is 5.75 Å². The van der Waals surface area contributed by atoms with Gasteiger partial charge < -0.3 is 4.74 Å². The molecule has 0 aliphatic carbocycles. The summed E-state index contributed by atoms with van der Waals surface area (Å²) in [5.41, 5.74) is 0. The summed E-state index contributed by atoms with van der Waals surface area (Å²) in [5.74, 6) is 0.565. The topological polar surface area (TPSA) is 39.2 Å². The van der Waals surface area contributed by atoms with Crippen LogP contribution in [0.15, 0.2) is 36.7 Å². The van der Waals surface area contributed by atoms with Crippen LogP contribution >= 0.6 is 0 Å². The third-order valence-corrected chi connectivity index (χ3v) is 1.82. The molecule has 0 amide bonds. The zero-order valence-electron chi connectivity index (χ0n) is 6.81. The molecule has 13 heavy (non-hydrogen) atoms. The third kappa shape index (κ3) is 1.36. The minimum absolute atomic E-state index is 0.426. The maximum absolute atomic E-state index is 10.2. The molecule has 2 aromatic rings. The zero-order chi connectivity index (χ0) is 9.10. The Balaban J connectivity index is 2.68. The Labute approximate surface area is 75.0 Å². The molecule has 0 spiro atoms. The molecular weight excluding hydrogens is 166 g/mol. The van der Waals surface area contributed by atoms with Crippen LogP contribution in [0.25, 0.3) is 10.8 Å². The number of hydrogen-bond donors (Lipinski definition) is 0. The van der Waals surface area contributed by atoms with Crippen molar-refractivity contribution >= 4 is 17.2 Å². The van der Waals surface area contributed by atoms with E-state index in [0.717, 1.165) is 10.8 Å². The number of fused-ring (bicyclic) bond motifs is 1. The second-order valence-corrected chi connectivity index (χ2v) is 2.57. The quantitative estimate of drug-likeness (QED) is 0.649. The van der Waals surface area contributed by atoms with E-state index in [9.17, 15) is 4.79 Å². The maximum Gasteiger partial charge on any atom is 0.298 e.